The zero-order chi connectivity index (χ0) is 15.8. The molecule has 3 N–H and O–H groups in total. The van der Waals surface area contributed by atoms with Crippen LogP contribution in [-0.2, 0) is 11.2 Å². The van der Waals surface area contributed by atoms with E-state index in [0.29, 0.717) is 13.1 Å². The van der Waals surface area contributed by atoms with E-state index in [2.05, 4.69) is 20.9 Å². The molecule has 0 atom stereocenters. The van der Waals surface area contributed by atoms with Crippen LogP contribution < -0.4 is 16.0 Å². The molecule has 1 fully saturated rings. The van der Waals surface area contributed by atoms with Crippen LogP contribution in [-0.4, -0.2) is 38.5 Å². The van der Waals surface area contributed by atoms with Crippen molar-refractivity contribution in [3.8, 4) is 0 Å². The van der Waals surface area contributed by atoms with Gasteiger partial charge in [-0.05, 0) is 37.0 Å². The van der Waals surface area contributed by atoms with Gasteiger partial charge in [0.05, 0.1) is 0 Å². The third-order valence-electron chi connectivity index (χ3n) is 3.51. The molecule has 0 heterocycles. The quantitative estimate of drug-likeness (QED) is 0.258. The van der Waals surface area contributed by atoms with E-state index in [1.807, 2.05) is 24.3 Å². The highest BCUT2D eigenvalue weighted by Gasteiger charge is 2.28. The first-order valence-electron chi connectivity index (χ1n) is 7.65. The van der Waals surface area contributed by atoms with Crippen LogP contribution in [0.15, 0.2) is 29.3 Å². The molecule has 128 valence electrons. The normalized spacial score (nSPS) is 13.9. The van der Waals surface area contributed by atoms with Crippen LogP contribution in [0.1, 0.15) is 18.4 Å². The fraction of sp³-hybridized carbons (Fsp3) is 0.500. The van der Waals surface area contributed by atoms with Gasteiger partial charge >= 0.3 is 0 Å². The maximum Gasteiger partial charge on any atom is 0.223 e. The molecule has 2 rings (SSSR count). The first kappa shape index (κ1) is 20.0. The molecular formula is C16H24ClIN4O. The fourth-order valence-corrected chi connectivity index (χ4v) is 2.18. The van der Waals surface area contributed by atoms with Crippen LogP contribution in [0.2, 0.25) is 5.02 Å². The number of nitrogens with zero attached hydrogens (tertiary/aromatic N) is 1. The molecular weight excluding hydrogens is 427 g/mol. The molecule has 1 aliphatic rings. The Morgan fingerprint density at radius 3 is 2.35 bits per heavy atom. The standard InChI is InChI=1S/C16H23ClN4O.HI/c1-18-16(21-11-10-19-15(22)13-4-5-13)20-9-8-12-2-6-14(17)7-3-12;/h2-3,6-7,13H,4-5,8-11H2,1H3,(H,19,22)(H2,18,20,21);1H. The van der Waals surface area contributed by atoms with Gasteiger partial charge < -0.3 is 16.0 Å². The summed E-state index contributed by atoms with van der Waals surface area (Å²) in [6, 6.07) is 7.83. The number of amides is 1. The van der Waals surface area contributed by atoms with Crippen molar-refractivity contribution in [2.24, 2.45) is 10.9 Å². The predicted octanol–water partition coefficient (Wildman–Crippen LogP) is 2.19. The van der Waals surface area contributed by atoms with Crippen LogP contribution in [0, 0.1) is 5.92 Å². The minimum Gasteiger partial charge on any atom is -0.356 e. The highest BCUT2D eigenvalue weighted by Crippen LogP contribution is 2.28. The number of aliphatic imine (C=N–C) groups is 1. The van der Waals surface area contributed by atoms with Gasteiger partial charge in [0.25, 0.3) is 0 Å². The zero-order valence-corrected chi connectivity index (χ0v) is 16.4. The van der Waals surface area contributed by atoms with Gasteiger partial charge in [0.1, 0.15) is 0 Å². The van der Waals surface area contributed by atoms with Gasteiger partial charge in [0, 0.05) is 37.6 Å². The van der Waals surface area contributed by atoms with Crippen LogP contribution >= 0.6 is 35.6 Å². The maximum absolute atomic E-state index is 11.5. The van der Waals surface area contributed by atoms with E-state index in [4.69, 9.17) is 11.6 Å². The van der Waals surface area contributed by atoms with Crippen molar-refractivity contribution >= 4 is 47.4 Å². The number of guanidine groups is 1. The van der Waals surface area contributed by atoms with Crippen molar-refractivity contribution in [2.45, 2.75) is 19.3 Å². The highest BCUT2D eigenvalue weighted by molar-refractivity contribution is 14.0. The second kappa shape index (κ2) is 10.7. The number of halogens is 2. The van der Waals surface area contributed by atoms with Crippen molar-refractivity contribution in [3.63, 3.8) is 0 Å². The Kier molecular flexibility index (Phi) is 9.31. The molecule has 0 aliphatic heterocycles. The summed E-state index contributed by atoms with van der Waals surface area (Å²) in [5.41, 5.74) is 1.23. The molecule has 0 spiro atoms. The molecule has 0 aromatic heterocycles. The third kappa shape index (κ3) is 7.87. The summed E-state index contributed by atoms with van der Waals surface area (Å²) < 4.78 is 0. The summed E-state index contributed by atoms with van der Waals surface area (Å²) in [5.74, 6) is 1.18. The van der Waals surface area contributed by atoms with Crippen LogP contribution in [0.4, 0.5) is 0 Å². The van der Waals surface area contributed by atoms with Crippen molar-refractivity contribution in [2.75, 3.05) is 26.7 Å². The van der Waals surface area contributed by atoms with E-state index in [1.54, 1.807) is 7.05 Å². The Balaban J connectivity index is 0.00000264. The molecule has 1 saturated carbocycles. The number of rotatable bonds is 7. The number of nitrogens with one attached hydrogen (secondary N) is 3. The molecule has 0 bridgehead atoms. The Morgan fingerprint density at radius 2 is 1.74 bits per heavy atom. The molecule has 0 radical (unpaired) electrons. The van der Waals surface area contributed by atoms with Crippen molar-refractivity contribution < 1.29 is 4.79 Å². The lowest BCUT2D eigenvalue weighted by molar-refractivity contribution is -0.122. The van der Waals surface area contributed by atoms with E-state index in [1.165, 1.54) is 5.56 Å². The second-order valence-corrected chi connectivity index (χ2v) is 5.80. The van der Waals surface area contributed by atoms with Gasteiger partial charge in [-0.25, -0.2) is 0 Å². The first-order chi connectivity index (χ1) is 10.7. The highest BCUT2D eigenvalue weighted by atomic mass is 127. The summed E-state index contributed by atoms with van der Waals surface area (Å²) in [7, 11) is 1.74. The van der Waals surface area contributed by atoms with E-state index in [0.717, 1.165) is 36.8 Å². The average Bonchev–Trinajstić information content (AvgIpc) is 3.36. The number of carbonyl (C=O) groups is 1. The SMILES string of the molecule is CN=C(NCCNC(=O)C1CC1)NCCc1ccc(Cl)cc1.I. The molecule has 1 aromatic carbocycles. The third-order valence-corrected chi connectivity index (χ3v) is 3.76. The lowest BCUT2D eigenvalue weighted by Crippen LogP contribution is -2.42. The maximum atomic E-state index is 11.5. The summed E-state index contributed by atoms with van der Waals surface area (Å²) in [6.45, 7) is 2.07. The fourth-order valence-electron chi connectivity index (χ4n) is 2.05. The number of benzene rings is 1. The topological polar surface area (TPSA) is 65.5 Å². The summed E-state index contributed by atoms with van der Waals surface area (Å²) >= 11 is 5.86. The van der Waals surface area contributed by atoms with Gasteiger partial charge in [-0.15, -0.1) is 24.0 Å². The smallest absolute Gasteiger partial charge is 0.223 e. The van der Waals surface area contributed by atoms with Crippen LogP contribution in [0.25, 0.3) is 0 Å². The van der Waals surface area contributed by atoms with Crippen LogP contribution in [0.3, 0.4) is 0 Å². The Labute approximate surface area is 159 Å². The summed E-state index contributed by atoms with van der Waals surface area (Å²) in [4.78, 5) is 15.6. The monoisotopic (exact) mass is 450 g/mol. The average molecular weight is 451 g/mol. The summed E-state index contributed by atoms with van der Waals surface area (Å²) in [5, 5.41) is 10.1. The minimum atomic E-state index is 0. The van der Waals surface area contributed by atoms with E-state index in [-0.39, 0.29) is 35.8 Å². The summed E-state index contributed by atoms with van der Waals surface area (Å²) in [6.07, 6.45) is 2.97. The Hall–Kier alpha value is -1.02. The predicted molar refractivity (Wildman–Crippen MR) is 106 cm³/mol. The van der Waals surface area contributed by atoms with Crippen molar-refractivity contribution in [1.29, 1.82) is 0 Å². The van der Waals surface area contributed by atoms with Crippen molar-refractivity contribution in [1.82, 2.24) is 16.0 Å². The molecule has 23 heavy (non-hydrogen) atoms. The van der Waals surface area contributed by atoms with E-state index >= 15 is 0 Å². The lowest BCUT2D eigenvalue weighted by atomic mass is 10.1. The second-order valence-electron chi connectivity index (χ2n) is 5.37. The van der Waals surface area contributed by atoms with Gasteiger partial charge in [0.2, 0.25) is 5.91 Å². The molecule has 1 aromatic rings. The first-order valence-corrected chi connectivity index (χ1v) is 8.03. The Morgan fingerprint density at radius 1 is 1.13 bits per heavy atom. The number of carbonyl (C=O) groups excluding carboxylic acids is 1. The Bertz CT molecular complexity index is 517. The molecule has 1 aliphatic carbocycles. The zero-order valence-electron chi connectivity index (χ0n) is 13.3. The molecule has 0 saturated heterocycles. The van der Waals surface area contributed by atoms with E-state index in [9.17, 15) is 4.79 Å². The molecule has 5 nitrogen and oxygen atoms in total. The van der Waals surface area contributed by atoms with Gasteiger partial charge in [-0.2, -0.15) is 0 Å². The minimum absolute atomic E-state index is 0. The van der Waals surface area contributed by atoms with E-state index < -0.39 is 0 Å². The number of hydrogen-bond acceptors (Lipinski definition) is 2. The van der Waals surface area contributed by atoms with Gasteiger partial charge in [0.15, 0.2) is 5.96 Å². The van der Waals surface area contributed by atoms with Gasteiger partial charge in [-0.3, -0.25) is 9.79 Å². The van der Waals surface area contributed by atoms with Crippen molar-refractivity contribution in [3.05, 3.63) is 34.9 Å². The number of hydrogen-bond donors (Lipinski definition) is 3. The molecule has 7 heteroatoms. The lowest BCUT2D eigenvalue weighted by Gasteiger charge is -2.12. The molecule has 1 amide bonds. The van der Waals surface area contributed by atoms with Gasteiger partial charge in [-0.1, -0.05) is 23.7 Å². The van der Waals surface area contributed by atoms with Crippen LogP contribution in [0.5, 0.6) is 0 Å². The largest absolute Gasteiger partial charge is 0.356 e. The molecule has 0 unspecified atom stereocenters.